The van der Waals surface area contributed by atoms with E-state index in [0.717, 1.165) is 41.9 Å². The molecule has 2 rings (SSSR count). The van der Waals surface area contributed by atoms with Crippen molar-refractivity contribution in [3.63, 3.8) is 0 Å². The maximum atomic E-state index is 8.85. The fourth-order valence-corrected chi connectivity index (χ4v) is 2.26. The second-order valence-corrected chi connectivity index (χ2v) is 5.33. The summed E-state index contributed by atoms with van der Waals surface area (Å²) in [6.07, 6.45) is 2.18. The first-order valence-electron chi connectivity index (χ1n) is 8.06. The quantitative estimate of drug-likeness (QED) is 0.164. The van der Waals surface area contributed by atoms with Crippen LogP contribution in [0.25, 0.3) is 10.4 Å². The molecule has 24 heavy (non-hydrogen) atoms. The maximum absolute atomic E-state index is 8.85. The van der Waals surface area contributed by atoms with E-state index in [4.69, 9.17) is 5.53 Å². The number of unbranched alkanes of at least 4 members (excludes halogenated alkanes) is 1. The Morgan fingerprint density at radius 1 is 1.04 bits per heavy atom. The zero-order valence-electron chi connectivity index (χ0n) is 14.1. The average molecular weight is 319 g/mol. The SMILES string of the molecule is CCCCN=C(C)c1ccccc1N=C(N=[N+]=[N-])c1ccccc1. The number of azide groups is 1. The van der Waals surface area contributed by atoms with E-state index < -0.39 is 0 Å². The molecule has 122 valence electrons. The molecule has 0 aliphatic heterocycles. The fraction of sp³-hybridized carbons (Fsp3) is 0.263. The third-order valence-electron chi connectivity index (χ3n) is 3.55. The third kappa shape index (κ3) is 4.80. The Hall–Kier alpha value is -2.91. The molecule has 0 spiro atoms. The standard InChI is InChI=1S/C19H21N5/c1-3-4-14-21-15(2)17-12-8-9-13-18(17)22-19(23-24-20)16-10-6-5-7-11-16/h5-13H,3-4,14H2,1-2H3. The van der Waals surface area contributed by atoms with Crippen LogP contribution in [0.2, 0.25) is 0 Å². The molecule has 0 bridgehead atoms. The molecular weight excluding hydrogens is 298 g/mol. The number of hydrogen-bond donors (Lipinski definition) is 0. The lowest BCUT2D eigenvalue weighted by atomic mass is 10.1. The van der Waals surface area contributed by atoms with Crippen molar-refractivity contribution in [2.45, 2.75) is 26.7 Å². The molecule has 0 N–H and O–H groups in total. The van der Waals surface area contributed by atoms with Crippen LogP contribution in [-0.4, -0.2) is 18.1 Å². The summed E-state index contributed by atoms with van der Waals surface area (Å²) >= 11 is 0. The summed E-state index contributed by atoms with van der Waals surface area (Å²) in [6, 6.07) is 17.2. The van der Waals surface area contributed by atoms with Gasteiger partial charge in [0.1, 0.15) is 5.84 Å². The van der Waals surface area contributed by atoms with Crippen LogP contribution >= 0.6 is 0 Å². The molecule has 0 aliphatic carbocycles. The molecule has 0 fully saturated rings. The molecule has 5 heteroatoms. The first-order chi connectivity index (χ1) is 11.8. The van der Waals surface area contributed by atoms with Gasteiger partial charge < -0.3 is 0 Å². The second-order valence-electron chi connectivity index (χ2n) is 5.33. The van der Waals surface area contributed by atoms with E-state index >= 15 is 0 Å². The zero-order valence-corrected chi connectivity index (χ0v) is 14.1. The van der Waals surface area contributed by atoms with Crippen molar-refractivity contribution in [1.29, 1.82) is 0 Å². The molecule has 0 radical (unpaired) electrons. The van der Waals surface area contributed by atoms with Crippen LogP contribution < -0.4 is 0 Å². The number of amidine groups is 1. The van der Waals surface area contributed by atoms with Crippen molar-refractivity contribution >= 4 is 17.2 Å². The molecule has 0 amide bonds. The van der Waals surface area contributed by atoms with Crippen LogP contribution in [0.5, 0.6) is 0 Å². The minimum absolute atomic E-state index is 0.354. The van der Waals surface area contributed by atoms with Gasteiger partial charge in [0.25, 0.3) is 0 Å². The molecule has 0 atom stereocenters. The minimum Gasteiger partial charge on any atom is -0.289 e. The summed E-state index contributed by atoms with van der Waals surface area (Å²) in [5.74, 6) is 0.354. The summed E-state index contributed by atoms with van der Waals surface area (Å²) in [5.41, 5.74) is 12.3. The normalized spacial score (nSPS) is 11.9. The van der Waals surface area contributed by atoms with Crippen LogP contribution in [0, 0.1) is 0 Å². The lowest BCUT2D eigenvalue weighted by molar-refractivity contribution is 0.808. The van der Waals surface area contributed by atoms with Crippen molar-refractivity contribution in [2.24, 2.45) is 15.1 Å². The molecule has 0 saturated heterocycles. The highest BCUT2D eigenvalue weighted by molar-refractivity contribution is 6.06. The number of aliphatic imine (C=N–C) groups is 2. The third-order valence-corrected chi connectivity index (χ3v) is 3.55. The summed E-state index contributed by atoms with van der Waals surface area (Å²) in [4.78, 5) is 12.1. The Morgan fingerprint density at radius 3 is 2.46 bits per heavy atom. The van der Waals surface area contributed by atoms with E-state index in [1.807, 2.05) is 61.5 Å². The number of rotatable bonds is 6. The lowest BCUT2D eigenvalue weighted by Gasteiger charge is -2.07. The van der Waals surface area contributed by atoms with Gasteiger partial charge in [-0.05, 0) is 30.1 Å². The Morgan fingerprint density at radius 2 is 1.75 bits per heavy atom. The largest absolute Gasteiger partial charge is 0.289 e. The van der Waals surface area contributed by atoms with E-state index in [0.29, 0.717) is 5.84 Å². The fourth-order valence-electron chi connectivity index (χ4n) is 2.26. The highest BCUT2D eigenvalue weighted by Gasteiger charge is 2.07. The van der Waals surface area contributed by atoms with Crippen molar-refractivity contribution < 1.29 is 0 Å². The number of nitrogens with zero attached hydrogens (tertiary/aromatic N) is 5. The van der Waals surface area contributed by atoms with E-state index in [2.05, 4.69) is 26.9 Å². The van der Waals surface area contributed by atoms with E-state index in [9.17, 15) is 0 Å². The van der Waals surface area contributed by atoms with Gasteiger partial charge in [-0.25, -0.2) is 4.99 Å². The number of benzene rings is 2. The summed E-state index contributed by atoms with van der Waals surface area (Å²) in [5, 5.41) is 3.76. The average Bonchev–Trinajstić information content (AvgIpc) is 2.62. The van der Waals surface area contributed by atoms with E-state index in [1.165, 1.54) is 0 Å². The van der Waals surface area contributed by atoms with Crippen LogP contribution in [0.3, 0.4) is 0 Å². The Bertz CT molecular complexity index is 771. The van der Waals surface area contributed by atoms with Gasteiger partial charge >= 0.3 is 0 Å². The smallest absolute Gasteiger partial charge is 0.134 e. The van der Waals surface area contributed by atoms with Gasteiger partial charge in [0.15, 0.2) is 0 Å². The van der Waals surface area contributed by atoms with Gasteiger partial charge in [-0.1, -0.05) is 61.9 Å². The molecular formula is C19H21N5. The monoisotopic (exact) mass is 319 g/mol. The van der Waals surface area contributed by atoms with Gasteiger partial charge in [-0.2, -0.15) is 0 Å². The maximum Gasteiger partial charge on any atom is 0.134 e. The summed E-state index contributed by atoms with van der Waals surface area (Å²) in [6.45, 7) is 4.94. The Balaban J connectivity index is 2.44. The van der Waals surface area contributed by atoms with Crippen LogP contribution in [0.15, 0.2) is 69.7 Å². The van der Waals surface area contributed by atoms with Crippen LogP contribution in [0.4, 0.5) is 5.69 Å². The topological polar surface area (TPSA) is 73.5 Å². The predicted molar refractivity (Wildman–Crippen MR) is 100 cm³/mol. The molecule has 2 aromatic rings. The molecule has 0 aliphatic rings. The van der Waals surface area contributed by atoms with E-state index in [-0.39, 0.29) is 0 Å². The Labute approximate surface area is 142 Å². The lowest BCUT2D eigenvalue weighted by Crippen LogP contribution is -1.99. The van der Waals surface area contributed by atoms with E-state index in [1.54, 1.807) is 0 Å². The predicted octanol–water partition coefficient (Wildman–Crippen LogP) is 5.68. The van der Waals surface area contributed by atoms with Crippen LogP contribution in [-0.2, 0) is 0 Å². The van der Waals surface area contributed by atoms with Crippen molar-refractivity contribution in [3.05, 3.63) is 76.2 Å². The molecule has 0 saturated carbocycles. The van der Waals surface area contributed by atoms with Gasteiger partial charge in [0.05, 0.1) is 5.69 Å². The van der Waals surface area contributed by atoms with Gasteiger partial charge in [-0.15, -0.1) is 0 Å². The molecule has 0 unspecified atom stereocenters. The Kier molecular flexibility index (Phi) is 6.74. The molecule has 5 nitrogen and oxygen atoms in total. The van der Waals surface area contributed by atoms with Crippen molar-refractivity contribution in [3.8, 4) is 0 Å². The minimum atomic E-state index is 0.354. The summed E-state index contributed by atoms with van der Waals surface area (Å²) < 4.78 is 0. The number of para-hydroxylation sites is 1. The first-order valence-corrected chi connectivity index (χ1v) is 8.06. The molecule has 0 heterocycles. The van der Waals surface area contributed by atoms with Gasteiger partial charge in [0, 0.05) is 28.3 Å². The first kappa shape index (κ1) is 17.4. The second kappa shape index (κ2) is 9.28. The zero-order chi connectivity index (χ0) is 17.2. The van der Waals surface area contributed by atoms with Crippen molar-refractivity contribution in [1.82, 2.24) is 0 Å². The highest BCUT2D eigenvalue weighted by Crippen LogP contribution is 2.21. The van der Waals surface area contributed by atoms with Crippen LogP contribution in [0.1, 0.15) is 37.8 Å². The number of hydrogen-bond acceptors (Lipinski definition) is 2. The molecule has 0 aromatic heterocycles. The summed E-state index contributed by atoms with van der Waals surface area (Å²) in [7, 11) is 0. The molecule has 2 aromatic carbocycles. The van der Waals surface area contributed by atoms with Gasteiger partial charge in [-0.3, -0.25) is 4.99 Å². The van der Waals surface area contributed by atoms with Gasteiger partial charge in [0.2, 0.25) is 0 Å². The van der Waals surface area contributed by atoms with Crippen molar-refractivity contribution in [2.75, 3.05) is 6.54 Å². The highest BCUT2D eigenvalue weighted by atomic mass is 15.2.